The SMILES string of the molecule is CC(=O)CCNC(=O)N1CCN(c2ccccn2)CC1. The molecule has 1 aromatic heterocycles. The molecule has 108 valence electrons. The second kappa shape index (κ2) is 6.88. The van der Waals surface area contributed by atoms with Gasteiger partial charge in [-0.25, -0.2) is 9.78 Å². The maximum atomic E-state index is 11.9. The predicted octanol–water partition coefficient (Wildman–Crippen LogP) is 0.892. The number of rotatable bonds is 4. The van der Waals surface area contributed by atoms with Crippen LogP contribution in [0, 0.1) is 0 Å². The summed E-state index contributed by atoms with van der Waals surface area (Å²) >= 11 is 0. The summed E-state index contributed by atoms with van der Waals surface area (Å²) in [6.45, 7) is 4.83. The van der Waals surface area contributed by atoms with E-state index in [0.717, 1.165) is 18.9 Å². The minimum absolute atomic E-state index is 0.0882. The minimum atomic E-state index is -0.0908. The van der Waals surface area contributed by atoms with Gasteiger partial charge < -0.3 is 15.1 Å². The molecule has 1 aliphatic rings. The van der Waals surface area contributed by atoms with E-state index >= 15 is 0 Å². The number of nitrogens with zero attached hydrogens (tertiary/aromatic N) is 3. The summed E-state index contributed by atoms with van der Waals surface area (Å²) in [7, 11) is 0. The molecule has 20 heavy (non-hydrogen) atoms. The third-order valence-corrected chi connectivity index (χ3v) is 3.29. The molecular formula is C14H20N4O2. The normalized spacial score (nSPS) is 15.1. The number of nitrogens with one attached hydrogen (secondary N) is 1. The van der Waals surface area contributed by atoms with Crippen LogP contribution in [0.5, 0.6) is 0 Å². The average Bonchev–Trinajstić information content (AvgIpc) is 2.48. The highest BCUT2D eigenvalue weighted by Gasteiger charge is 2.21. The first-order chi connectivity index (χ1) is 9.66. The maximum Gasteiger partial charge on any atom is 0.317 e. The molecule has 0 radical (unpaired) electrons. The van der Waals surface area contributed by atoms with Crippen LogP contribution in [0.15, 0.2) is 24.4 Å². The number of ketones is 1. The topological polar surface area (TPSA) is 65.5 Å². The maximum absolute atomic E-state index is 11.9. The fraction of sp³-hybridized carbons (Fsp3) is 0.500. The Kier molecular flexibility index (Phi) is 4.92. The van der Waals surface area contributed by atoms with Crippen LogP contribution in [0.2, 0.25) is 0 Å². The van der Waals surface area contributed by atoms with E-state index in [1.807, 2.05) is 18.2 Å². The summed E-state index contributed by atoms with van der Waals surface area (Å²) in [6.07, 6.45) is 2.16. The van der Waals surface area contributed by atoms with E-state index < -0.39 is 0 Å². The molecule has 0 atom stereocenters. The Labute approximate surface area is 118 Å². The third kappa shape index (κ3) is 3.94. The van der Waals surface area contributed by atoms with Crippen LogP contribution in [-0.4, -0.2) is 54.4 Å². The van der Waals surface area contributed by atoms with Crippen LogP contribution in [-0.2, 0) is 4.79 Å². The first-order valence-electron chi connectivity index (χ1n) is 6.85. The van der Waals surface area contributed by atoms with Crippen molar-refractivity contribution in [2.45, 2.75) is 13.3 Å². The Balaban J connectivity index is 1.76. The number of piperazine rings is 1. The van der Waals surface area contributed by atoms with Gasteiger partial charge in [0, 0.05) is 45.3 Å². The van der Waals surface area contributed by atoms with Gasteiger partial charge in [-0.3, -0.25) is 4.79 Å². The number of carbonyl (C=O) groups excluding carboxylic acids is 2. The molecule has 6 heteroatoms. The van der Waals surface area contributed by atoms with Crippen molar-refractivity contribution in [3.05, 3.63) is 24.4 Å². The Hall–Kier alpha value is -2.11. The minimum Gasteiger partial charge on any atom is -0.353 e. The number of anilines is 1. The lowest BCUT2D eigenvalue weighted by Gasteiger charge is -2.35. The summed E-state index contributed by atoms with van der Waals surface area (Å²) in [6, 6.07) is 5.74. The first-order valence-corrected chi connectivity index (χ1v) is 6.85. The number of pyridine rings is 1. The van der Waals surface area contributed by atoms with Crippen molar-refractivity contribution in [2.75, 3.05) is 37.6 Å². The number of amides is 2. The van der Waals surface area contributed by atoms with Crippen molar-refractivity contribution in [3.8, 4) is 0 Å². The molecule has 0 saturated carbocycles. The van der Waals surface area contributed by atoms with Crippen LogP contribution in [0.4, 0.5) is 10.6 Å². The molecule has 2 heterocycles. The van der Waals surface area contributed by atoms with Crippen LogP contribution in [0.3, 0.4) is 0 Å². The fourth-order valence-electron chi connectivity index (χ4n) is 2.14. The summed E-state index contributed by atoms with van der Waals surface area (Å²) in [4.78, 5) is 31.0. The average molecular weight is 276 g/mol. The zero-order valence-electron chi connectivity index (χ0n) is 11.7. The molecule has 1 aromatic rings. The molecule has 0 bridgehead atoms. The highest BCUT2D eigenvalue weighted by Crippen LogP contribution is 2.12. The second-order valence-corrected chi connectivity index (χ2v) is 4.85. The number of hydrogen-bond donors (Lipinski definition) is 1. The van der Waals surface area contributed by atoms with Gasteiger partial charge in [-0.15, -0.1) is 0 Å². The van der Waals surface area contributed by atoms with Gasteiger partial charge in [-0.05, 0) is 19.1 Å². The molecule has 0 aromatic carbocycles. The summed E-state index contributed by atoms with van der Waals surface area (Å²) in [5.41, 5.74) is 0. The lowest BCUT2D eigenvalue weighted by molar-refractivity contribution is -0.116. The largest absolute Gasteiger partial charge is 0.353 e. The zero-order valence-corrected chi connectivity index (χ0v) is 11.7. The standard InChI is InChI=1S/C14H20N4O2/c1-12(19)5-7-16-14(20)18-10-8-17(9-11-18)13-4-2-3-6-15-13/h2-4,6H,5,7-11H2,1H3,(H,16,20). The summed E-state index contributed by atoms with van der Waals surface area (Å²) in [5, 5.41) is 2.77. The van der Waals surface area contributed by atoms with E-state index in [1.54, 1.807) is 11.1 Å². The molecule has 1 saturated heterocycles. The highest BCUT2D eigenvalue weighted by molar-refractivity contribution is 5.78. The third-order valence-electron chi connectivity index (χ3n) is 3.29. The quantitative estimate of drug-likeness (QED) is 0.887. The van der Waals surface area contributed by atoms with Gasteiger partial charge in [0.05, 0.1) is 0 Å². The molecule has 0 unspecified atom stereocenters. The molecular weight excluding hydrogens is 256 g/mol. The van der Waals surface area contributed by atoms with Gasteiger partial charge in [0.2, 0.25) is 0 Å². The van der Waals surface area contributed by atoms with Crippen LogP contribution in [0.25, 0.3) is 0 Å². The van der Waals surface area contributed by atoms with Gasteiger partial charge in [0.15, 0.2) is 0 Å². The van der Waals surface area contributed by atoms with Crippen LogP contribution >= 0.6 is 0 Å². The Morgan fingerprint density at radius 2 is 2.00 bits per heavy atom. The molecule has 1 N–H and O–H groups in total. The Bertz CT molecular complexity index is 456. The van der Waals surface area contributed by atoms with Crippen LogP contribution in [0.1, 0.15) is 13.3 Å². The lowest BCUT2D eigenvalue weighted by atomic mass is 10.3. The molecule has 1 fully saturated rings. The van der Waals surface area contributed by atoms with Crippen molar-refractivity contribution in [1.82, 2.24) is 15.2 Å². The van der Waals surface area contributed by atoms with Gasteiger partial charge >= 0.3 is 6.03 Å². The smallest absolute Gasteiger partial charge is 0.317 e. The molecule has 6 nitrogen and oxygen atoms in total. The monoisotopic (exact) mass is 276 g/mol. The van der Waals surface area contributed by atoms with Crippen molar-refractivity contribution in [1.29, 1.82) is 0 Å². The number of hydrogen-bond acceptors (Lipinski definition) is 4. The Morgan fingerprint density at radius 1 is 1.25 bits per heavy atom. The van der Waals surface area contributed by atoms with Gasteiger partial charge in [-0.2, -0.15) is 0 Å². The van der Waals surface area contributed by atoms with Crippen LogP contribution < -0.4 is 10.2 Å². The van der Waals surface area contributed by atoms with E-state index in [1.165, 1.54) is 6.92 Å². The lowest BCUT2D eigenvalue weighted by Crippen LogP contribution is -2.52. The van der Waals surface area contributed by atoms with E-state index in [9.17, 15) is 9.59 Å². The predicted molar refractivity (Wildman–Crippen MR) is 76.7 cm³/mol. The van der Waals surface area contributed by atoms with Crippen molar-refractivity contribution in [2.24, 2.45) is 0 Å². The van der Waals surface area contributed by atoms with E-state index in [2.05, 4.69) is 15.2 Å². The molecule has 0 aliphatic carbocycles. The Morgan fingerprint density at radius 3 is 2.60 bits per heavy atom. The summed E-state index contributed by atoms with van der Waals surface area (Å²) < 4.78 is 0. The summed E-state index contributed by atoms with van der Waals surface area (Å²) in [5.74, 6) is 1.04. The highest BCUT2D eigenvalue weighted by atomic mass is 16.2. The van der Waals surface area contributed by atoms with E-state index in [-0.39, 0.29) is 11.8 Å². The number of carbonyl (C=O) groups is 2. The van der Waals surface area contributed by atoms with E-state index in [4.69, 9.17) is 0 Å². The van der Waals surface area contributed by atoms with E-state index in [0.29, 0.717) is 26.1 Å². The zero-order chi connectivity index (χ0) is 14.4. The van der Waals surface area contributed by atoms with Gasteiger partial charge in [0.1, 0.15) is 11.6 Å². The number of Topliss-reactive ketones (excluding diaryl/α,β-unsaturated/α-hetero) is 1. The fourth-order valence-corrected chi connectivity index (χ4v) is 2.14. The molecule has 1 aliphatic heterocycles. The van der Waals surface area contributed by atoms with Crippen molar-refractivity contribution < 1.29 is 9.59 Å². The molecule has 2 rings (SSSR count). The first kappa shape index (κ1) is 14.3. The number of urea groups is 1. The van der Waals surface area contributed by atoms with Crippen molar-refractivity contribution in [3.63, 3.8) is 0 Å². The number of aromatic nitrogens is 1. The van der Waals surface area contributed by atoms with Gasteiger partial charge in [0.25, 0.3) is 0 Å². The molecule has 2 amide bonds. The second-order valence-electron chi connectivity index (χ2n) is 4.85. The van der Waals surface area contributed by atoms with Gasteiger partial charge in [-0.1, -0.05) is 6.07 Å². The molecule has 0 spiro atoms. The van der Waals surface area contributed by atoms with Crippen molar-refractivity contribution >= 4 is 17.6 Å².